The van der Waals surface area contributed by atoms with Gasteiger partial charge in [0, 0.05) is 31.6 Å². The quantitative estimate of drug-likeness (QED) is 0.728. The Morgan fingerprint density at radius 1 is 1.13 bits per heavy atom. The van der Waals surface area contributed by atoms with Crippen LogP contribution in [-0.4, -0.2) is 22.0 Å². The molecule has 1 atom stereocenters. The summed E-state index contributed by atoms with van der Waals surface area (Å²) < 4.78 is 2.12. The summed E-state index contributed by atoms with van der Waals surface area (Å²) in [4.78, 5) is 19.1. The van der Waals surface area contributed by atoms with Crippen molar-refractivity contribution in [2.45, 2.75) is 19.3 Å². The van der Waals surface area contributed by atoms with Crippen LogP contribution >= 0.6 is 0 Å². The second-order valence-corrected chi connectivity index (χ2v) is 6.26. The van der Waals surface area contributed by atoms with Gasteiger partial charge in [-0.1, -0.05) is 24.3 Å². The van der Waals surface area contributed by atoms with E-state index < -0.39 is 0 Å². The number of aryl methyl sites for hydroxylation is 2. The minimum Gasteiger partial charge on any atom is -0.331 e. The van der Waals surface area contributed by atoms with Crippen molar-refractivity contribution in [3.8, 4) is 0 Å². The van der Waals surface area contributed by atoms with Gasteiger partial charge in [0.05, 0.1) is 11.0 Å². The van der Waals surface area contributed by atoms with E-state index in [0.29, 0.717) is 13.0 Å². The average Bonchev–Trinajstić information content (AvgIpc) is 3.09. The Labute approximate surface area is 135 Å². The molecule has 1 saturated heterocycles. The van der Waals surface area contributed by atoms with E-state index in [-0.39, 0.29) is 11.8 Å². The Hall–Kier alpha value is -2.62. The van der Waals surface area contributed by atoms with Crippen molar-refractivity contribution in [2.75, 3.05) is 11.4 Å². The lowest BCUT2D eigenvalue weighted by molar-refractivity contribution is -0.117. The number of para-hydroxylation sites is 2. The predicted octanol–water partition coefficient (Wildman–Crippen LogP) is 3.40. The molecule has 3 aromatic rings. The fourth-order valence-corrected chi connectivity index (χ4v) is 3.46. The van der Waals surface area contributed by atoms with Crippen LogP contribution in [0.1, 0.15) is 23.7 Å². The number of hydrogen-bond acceptors (Lipinski definition) is 2. The molecule has 1 aromatic heterocycles. The van der Waals surface area contributed by atoms with Crippen LogP contribution in [0.5, 0.6) is 0 Å². The molecule has 2 aromatic carbocycles. The number of benzene rings is 2. The molecule has 4 rings (SSSR count). The van der Waals surface area contributed by atoms with Gasteiger partial charge in [-0.2, -0.15) is 0 Å². The summed E-state index contributed by atoms with van der Waals surface area (Å²) in [6, 6.07) is 16.2. The SMILES string of the molecule is Cc1cccc(N2C[C@H](c3nc4ccccc4n3C)CC2=O)c1. The number of fused-ring (bicyclic) bond motifs is 1. The van der Waals surface area contributed by atoms with Crippen LogP contribution in [0.2, 0.25) is 0 Å². The number of nitrogens with zero attached hydrogens (tertiary/aromatic N) is 3. The zero-order chi connectivity index (χ0) is 16.0. The van der Waals surface area contributed by atoms with E-state index in [1.807, 2.05) is 55.3 Å². The highest BCUT2D eigenvalue weighted by Gasteiger charge is 2.34. The molecule has 1 aliphatic heterocycles. The number of rotatable bonds is 2. The fraction of sp³-hybridized carbons (Fsp3) is 0.263. The van der Waals surface area contributed by atoms with Gasteiger partial charge < -0.3 is 9.47 Å². The molecule has 0 bridgehead atoms. The van der Waals surface area contributed by atoms with Gasteiger partial charge in [-0.05, 0) is 36.8 Å². The molecule has 0 radical (unpaired) electrons. The van der Waals surface area contributed by atoms with Gasteiger partial charge in [-0.15, -0.1) is 0 Å². The number of imidazole rings is 1. The summed E-state index contributed by atoms with van der Waals surface area (Å²) >= 11 is 0. The molecule has 4 heteroatoms. The van der Waals surface area contributed by atoms with Crippen molar-refractivity contribution in [2.24, 2.45) is 7.05 Å². The monoisotopic (exact) mass is 305 g/mol. The predicted molar refractivity (Wildman–Crippen MR) is 91.6 cm³/mol. The first-order valence-electron chi connectivity index (χ1n) is 7.92. The third kappa shape index (κ3) is 2.31. The largest absolute Gasteiger partial charge is 0.331 e. The van der Waals surface area contributed by atoms with Crippen LogP contribution in [0.4, 0.5) is 5.69 Å². The summed E-state index contributed by atoms with van der Waals surface area (Å²) in [6.07, 6.45) is 0.519. The molecule has 0 saturated carbocycles. The minimum atomic E-state index is 0.139. The van der Waals surface area contributed by atoms with E-state index in [2.05, 4.69) is 16.7 Å². The lowest BCUT2D eigenvalue weighted by Crippen LogP contribution is -2.24. The van der Waals surface area contributed by atoms with Gasteiger partial charge in [-0.3, -0.25) is 4.79 Å². The first-order chi connectivity index (χ1) is 11.1. The van der Waals surface area contributed by atoms with E-state index in [9.17, 15) is 4.79 Å². The third-order valence-corrected chi connectivity index (χ3v) is 4.63. The molecule has 0 aliphatic carbocycles. The summed E-state index contributed by atoms with van der Waals surface area (Å²) in [6.45, 7) is 2.74. The minimum absolute atomic E-state index is 0.139. The van der Waals surface area contributed by atoms with Gasteiger partial charge in [-0.25, -0.2) is 4.98 Å². The van der Waals surface area contributed by atoms with Gasteiger partial charge in [0.1, 0.15) is 5.82 Å². The van der Waals surface area contributed by atoms with Crippen molar-refractivity contribution < 1.29 is 4.79 Å². The van der Waals surface area contributed by atoms with Crippen molar-refractivity contribution in [3.05, 3.63) is 59.9 Å². The summed E-state index contributed by atoms with van der Waals surface area (Å²) in [5, 5.41) is 0. The Kier molecular flexibility index (Phi) is 3.18. The maximum Gasteiger partial charge on any atom is 0.227 e. The van der Waals surface area contributed by atoms with Crippen molar-refractivity contribution in [1.29, 1.82) is 0 Å². The molecule has 1 aliphatic rings. The summed E-state index contributed by atoms with van der Waals surface area (Å²) in [5.74, 6) is 1.31. The molecule has 1 fully saturated rings. The van der Waals surface area contributed by atoms with Crippen molar-refractivity contribution >= 4 is 22.6 Å². The second-order valence-electron chi connectivity index (χ2n) is 6.26. The molecule has 1 amide bonds. The molecule has 0 N–H and O–H groups in total. The lowest BCUT2D eigenvalue weighted by atomic mass is 10.1. The van der Waals surface area contributed by atoms with Gasteiger partial charge in [0.25, 0.3) is 0 Å². The molecule has 23 heavy (non-hydrogen) atoms. The molecule has 116 valence electrons. The second kappa shape index (κ2) is 5.23. The molecular formula is C19H19N3O. The maximum atomic E-state index is 12.5. The van der Waals surface area contributed by atoms with E-state index in [1.54, 1.807) is 0 Å². The fourth-order valence-electron chi connectivity index (χ4n) is 3.46. The van der Waals surface area contributed by atoms with Crippen LogP contribution in [0.15, 0.2) is 48.5 Å². The zero-order valence-electron chi connectivity index (χ0n) is 13.4. The Balaban J connectivity index is 1.69. The van der Waals surface area contributed by atoms with Gasteiger partial charge in [0.15, 0.2) is 0 Å². The summed E-state index contributed by atoms with van der Waals surface area (Å²) in [7, 11) is 2.03. The zero-order valence-corrected chi connectivity index (χ0v) is 13.4. The van der Waals surface area contributed by atoms with E-state index >= 15 is 0 Å². The number of anilines is 1. The topological polar surface area (TPSA) is 38.1 Å². The van der Waals surface area contributed by atoms with Crippen molar-refractivity contribution in [3.63, 3.8) is 0 Å². The molecule has 0 spiro atoms. The molecular weight excluding hydrogens is 286 g/mol. The highest BCUT2D eigenvalue weighted by molar-refractivity contribution is 5.96. The van der Waals surface area contributed by atoms with Gasteiger partial charge >= 0.3 is 0 Å². The highest BCUT2D eigenvalue weighted by Crippen LogP contribution is 2.32. The molecule has 4 nitrogen and oxygen atoms in total. The smallest absolute Gasteiger partial charge is 0.227 e. The standard InChI is InChI=1S/C19H19N3O/c1-13-6-5-7-15(10-13)22-12-14(11-18(22)23)19-20-16-8-3-4-9-17(16)21(19)2/h3-10,14H,11-12H2,1-2H3/t14-/m1/s1. The first-order valence-corrected chi connectivity index (χ1v) is 7.92. The van der Waals surface area contributed by atoms with Crippen LogP contribution in [0.3, 0.4) is 0 Å². The van der Waals surface area contributed by atoms with Crippen LogP contribution in [-0.2, 0) is 11.8 Å². The highest BCUT2D eigenvalue weighted by atomic mass is 16.2. The van der Waals surface area contributed by atoms with E-state index in [1.165, 1.54) is 5.56 Å². The Morgan fingerprint density at radius 3 is 2.74 bits per heavy atom. The van der Waals surface area contributed by atoms with Gasteiger partial charge in [0.2, 0.25) is 5.91 Å². The van der Waals surface area contributed by atoms with Crippen molar-refractivity contribution in [1.82, 2.24) is 9.55 Å². The normalized spacial score (nSPS) is 18.1. The average molecular weight is 305 g/mol. The summed E-state index contributed by atoms with van der Waals surface area (Å²) in [5.41, 5.74) is 4.26. The van der Waals surface area contributed by atoms with Crippen LogP contribution in [0, 0.1) is 6.92 Å². The molecule has 0 unspecified atom stereocenters. The number of carbonyl (C=O) groups is 1. The number of aromatic nitrogens is 2. The van der Waals surface area contributed by atoms with Crippen LogP contribution < -0.4 is 4.90 Å². The Bertz CT molecular complexity index is 897. The lowest BCUT2D eigenvalue weighted by Gasteiger charge is -2.17. The number of amides is 1. The molecule has 2 heterocycles. The van der Waals surface area contributed by atoms with E-state index in [4.69, 9.17) is 4.98 Å². The van der Waals surface area contributed by atoms with E-state index in [0.717, 1.165) is 22.5 Å². The maximum absolute atomic E-state index is 12.5. The third-order valence-electron chi connectivity index (χ3n) is 4.63. The number of hydrogen-bond donors (Lipinski definition) is 0. The number of carbonyl (C=O) groups excluding carboxylic acids is 1. The Morgan fingerprint density at radius 2 is 1.96 bits per heavy atom. The first kappa shape index (κ1) is 14.0. The van der Waals surface area contributed by atoms with Crippen LogP contribution in [0.25, 0.3) is 11.0 Å².